The fourth-order valence-corrected chi connectivity index (χ4v) is 4.71. The zero-order valence-corrected chi connectivity index (χ0v) is 17.3. The molecule has 2 aromatic rings. The van der Waals surface area contributed by atoms with Crippen molar-refractivity contribution in [3.63, 3.8) is 0 Å². The van der Waals surface area contributed by atoms with Gasteiger partial charge in [0.1, 0.15) is 11.1 Å². The zero-order chi connectivity index (χ0) is 21.4. The van der Waals surface area contributed by atoms with Gasteiger partial charge in [-0.1, -0.05) is 0 Å². The van der Waals surface area contributed by atoms with Crippen LogP contribution in [0.15, 0.2) is 27.8 Å². The van der Waals surface area contributed by atoms with E-state index >= 15 is 0 Å². The van der Waals surface area contributed by atoms with E-state index in [4.69, 9.17) is 9.15 Å². The van der Waals surface area contributed by atoms with Gasteiger partial charge in [-0.3, -0.25) is 10.1 Å². The van der Waals surface area contributed by atoms with E-state index in [1.807, 2.05) is 0 Å². The third-order valence-corrected chi connectivity index (χ3v) is 6.07. The third-order valence-electron chi connectivity index (χ3n) is 4.45. The van der Waals surface area contributed by atoms with Crippen LogP contribution in [0.4, 0.5) is 10.5 Å². The number of ether oxygens (including phenoxy) is 1. The molecule has 1 aliphatic rings. The van der Waals surface area contributed by atoms with Crippen LogP contribution in [0.25, 0.3) is 11.1 Å². The number of hydrogen-bond donors (Lipinski definition) is 0. The number of nitro groups is 1. The maximum atomic E-state index is 12.8. The number of hydrogen-bond acceptors (Lipinski definition) is 8. The topological polar surface area (TPSA) is 133 Å². The molecule has 1 unspecified atom stereocenters. The molecule has 11 heteroatoms. The monoisotopic (exact) mass is 425 g/mol. The first-order valence-electron chi connectivity index (χ1n) is 9.20. The third kappa shape index (κ3) is 5.03. The van der Waals surface area contributed by atoms with Crippen LogP contribution in [0.2, 0.25) is 0 Å². The maximum Gasteiger partial charge on any atom is 0.410 e. The molecule has 0 aliphatic carbocycles. The van der Waals surface area contributed by atoms with Crippen LogP contribution in [-0.4, -0.2) is 53.8 Å². The van der Waals surface area contributed by atoms with E-state index in [0.717, 1.165) is 0 Å². The van der Waals surface area contributed by atoms with Crippen LogP contribution in [0.3, 0.4) is 0 Å². The largest absolute Gasteiger partial charge is 0.444 e. The number of aromatic nitrogens is 1. The van der Waals surface area contributed by atoms with Gasteiger partial charge in [0.05, 0.1) is 10.7 Å². The SMILES string of the molecule is CC(C)(C)OC(=O)N1CCCC(CS(=O)(=O)c2nc3cc([N+](=O)[O-])ccc3o2)C1. The van der Waals surface area contributed by atoms with Crippen molar-refractivity contribution in [1.82, 2.24) is 9.88 Å². The average molecular weight is 425 g/mol. The van der Waals surface area contributed by atoms with Crippen LogP contribution < -0.4 is 0 Å². The Labute approximate surface area is 167 Å². The number of likely N-dealkylation sites (tertiary alicyclic amines) is 1. The van der Waals surface area contributed by atoms with Crippen LogP contribution in [0.5, 0.6) is 0 Å². The van der Waals surface area contributed by atoms with Gasteiger partial charge < -0.3 is 14.1 Å². The number of rotatable bonds is 4. The van der Waals surface area contributed by atoms with Crippen molar-refractivity contribution in [1.29, 1.82) is 0 Å². The van der Waals surface area contributed by atoms with Crippen molar-refractivity contribution in [3.8, 4) is 0 Å². The Kier molecular flexibility index (Phi) is 5.52. The first kappa shape index (κ1) is 21.0. The van der Waals surface area contributed by atoms with Gasteiger partial charge in [0.25, 0.3) is 5.69 Å². The molecular formula is C18H23N3O7S. The minimum atomic E-state index is -3.87. The fourth-order valence-electron chi connectivity index (χ4n) is 3.22. The summed E-state index contributed by atoms with van der Waals surface area (Å²) < 4.78 is 36.2. The van der Waals surface area contributed by atoms with E-state index < -0.39 is 31.7 Å². The Balaban J connectivity index is 1.74. The number of piperidine rings is 1. The van der Waals surface area contributed by atoms with Crippen LogP contribution in [0, 0.1) is 16.0 Å². The first-order chi connectivity index (χ1) is 13.4. The second kappa shape index (κ2) is 7.62. The summed E-state index contributed by atoms with van der Waals surface area (Å²) in [6, 6.07) is 3.72. The van der Waals surface area contributed by atoms with E-state index in [0.29, 0.717) is 19.4 Å². The first-order valence-corrected chi connectivity index (χ1v) is 10.9. The number of carbonyl (C=O) groups is 1. The molecular weight excluding hydrogens is 402 g/mol. The summed E-state index contributed by atoms with van der Waals surface area (Å²) in [6.07, 6.45) is 0.845. The Morgan fingerprint density at radius 1 is 1.41 bits per heavy atom. The minimum Gasteiger partial charge on any atom is -0.444 e. The highest BCUT2D eigenvalue weighted by Gasteiger charge is 2.32. The molecule has 0 N–H and O–H groups in total. The molecule has 3 rings (SSSR count). The average Bonchev–Trinajstić information content (AvgIpc) is 3.04. The lowest BCUT2D eigenvalue weighted by Gasteiger charge is -2.33. The highest BCUT2D eigenvalue weighted by atomic mass is 32.2. The number of oxazole rings is 1. The van der Waals surface area contributed by atoms with Gasteiger partial charge in [-0.05, 0) is 45.6 Å². The van der Waals surface area contributed by atoms with Crippen LogP contribution >= 0.6 is 0 Å². The van der Waals surface area contributed by atoms with E-state index in [-0.39, 0.29) is 35.0 Å². The Morgan fingerprint density at radius 3 is 2.79 bits per heavy atom. The Hall–Kier alpha value is -2.69. The molecule has 1 saturated heterocycles. The normalized spacial score (nSPS) is 18.0. The quantitative estimate of drug-likeness (QED) is 0.539. The fraction of sp³-hybridized carbons (Fsp3) is 0.556. The number of non-ortho nitro benzene ring substituents is 1. The number of benzene rings is 1. The molecule has 0 spiro atoms. The van der Waals surface area contributed by atoms with Crippen LogP contribution in [0.1, 0.15) is 33.6 Å². The number of carbonyl (C=O) groups excluding carboxylic acids is 1. The predicted molar refractivity (Wildman–Crippen MR) is 103 cm³/mol. The summed E-state index contributed by atoms with van der Waals surface area (Å²) in [5.41, 5.74) is -0.559. The molecule has 1 aliphatic heterocycles. The summed E-state index contributed by atoms with van der Waals surface area (Å²) >= 11 is 0. The lowest BCUT2D eigenvalue weighted by molar-refractivity contribution is -0.384. The van der Waals surface area contributed by atoms with Gasteiger partial charge >= 0.3 is 11.3 Å². The zero-order valence-electron chi connectivity index (χ0n) is 16.5. The number of amides is 1. The minimum absolute atomic E-state index is 0.108. The highest BCUT2D eigenvalue weighted by Crippen LogP contribution is 2.27. The summed E-state index contributed by atoms with van der Waals surface area (Å²) in [5, 5.41) is 10.4. The van der Waals surface area contributed by atoms with Gasteiger partial charge in [-0.2, -0.15) is 4.98 Å². The smallest absolute Gasteiger partial charge is 0.410 e. The molecule has 0 radical (unpaired) electrons. The van der Waals surface area contributed by atoms with Crippen molar-refractivity contribution in [2.75, 3.05) is 18.8 Å². The lowest BCUT2D eigenvalue weighted by Crippen LogP contribution is -2.44. The summed E-state index contributed by atoms with van der Waals surface area (Å²) in [5.74, 6) is -0.521. The molecule has 1 amide bonds. The molecule has 2 heterocycles. The van der Waals surface area contributed by atoms with Gasteiger partial charge in [0, 0.05) is 25.2 Å². The number of nitro benzene ring substituents is 1. The van der Waals surface area contributed by atoms with E-state index in [1.165, 1.54) is 23.1 Å². The molecule has 1 fully saturated rings. The second-order valence-electron chi connectivity index (χ2n) is 8.10. The van der Waals surface area contributed by atoms with Gasteiger partial charge in [-0.15, -0.1) is 0 Å². The molecule has 10 nitrogen and oxygen atoms in total. The number of nitrogens with zero attached hydrogens (tertiary/aromatic N) is 3. The molecule has 0 saturated carbocycles. The van der Waals surface area contributed by atoms with E-state index in [9.17, 15) is 23.3 Å². The van der Waals surface area contributed by atoms with Crippen molar-refractivity contribution in [3.05, 3.63) is 28.3 Å². The standard InChI is InChI=1S/C18H23N3O7S/c1-18(2,3)28-17(22)20-8-4-5-12(10-20)11-29(25,26)16-19-14-9-13(21(23)24)6-7-15(14)27-16/h6-7,9,12H,4-5,8,10-11H2,1-3H3. The molecule has 158 valence electrons. The number of sulfone groups is 1. The van der Waals surface area contributed by atoms with Crippen molar-refractivity contribution < 1.29 is 27.3 Å². The van der Waals surface area contributed by atoms with Gasteiger partial charge in [0.2, 0.25) is 9.84 Å². The molecule has 1 atom stereocenters. The van der Waals surface area contributed by atoms with E-state index in [1.54, 1.807) is 20.8 Å². The highest BCUT2D eigenvalue weighted by molar-refractivity contribution is 7.91. The van der Waals surface area contributed by atoms with E-state index in [2.05, 4.69) is 4.98 Å². The van der Waals surface area contributed by atoms with Gasteiger partial charge in [-0.25, -0.2) is 13.2 Å². The predicted octanol–water partition coefficient (Wildman–Crippen LogP) is 3.16. The molecule has 1 aromatic heterocycles. The molecule has 1 aromatic carbocycles. The van der Waals surface area contributed by atoms with Crippen LogP contribution in [-0.2, 0) is 14.6 Å². The Morgan fingerprint density at radius 2 is 2.14 bits per heavy atom. The van der Waals surface area contributed by atoms with Crippen molar-refractivity contribution in [2.45, 2.75) is 44.4 Å². The summed E-state index contributed by atoms with van der Waals surface area (Å²) in [7, 11) is -3.87. The summed E-state index contributed by atoms with van der Waals surface area (Å²) in [4.78, 5) is 28.0. The molecule has 0 bridgehead atoms. The van der Waals surface area contributed by atoms with Gasteiger partial charge in [0.15, 0.2) is 5.58 Å². The van der Waals surface area contributed by atoms with Crippen molar-refractivity contribution in [2.24, 2.45) is 5.92 Å². The maximum absolute atomic E-state index is 12.8. The number of fused-ring (bicyclic) bond motifs is 1. The summed E-state index contributed by atoms with van der Waals surface area (Å²) in [6.45, 7) is 6.09. The lowest BCUT2D eigenvalue weighted by atomic mass is 10.0. The molecule has 29 heavy (non-hydrogen) atoms. The van der Waals surface area contributed by atoms with Crippen molar-refractivity contribution >= 4 is 32.7 Å². The second-order valence-corrected chi connectivity index (χ2v) is 10.0. The Bertz CT molecular complexity index is 1040.